The first-order valence-corrected chi connectivity index (χ1v) is 13.1. The number of para-hydroxylation sites is 1. The van der Waals surface area contributed by atoms with Crippen LogP contribution in [-0.2, 0) is 21.7 Å². The highest BCUT2D eigenvalue weighted by atomic mass is 16.5. The molecule has 1 heterocycles. The predicted octanol–water partition coefficient (Wildman–Crippen LogP) is 4.49. The lowest BCUT2D eigenvalue weighted by atomic mass is 9.90. The number of carbonyl (C=O) groups excluding carboxylic acids is 4. The first kappa shape index (κ1) is 27.4. The second-order valence-corrected chi connectivity index (χ2v) is 10.1. The normalized spacial score (nSPS) is 16.4. The van der Waals surface area contributed by atoms with E-state index >= 15 is 0 Å². The Kier molecular flexibility index (Phi) is 7.43. The van der Waals surface area contributed by atoms with Gasteiger partial charge in [0.1, 0.15) is 17.8 Å². The molecule has 1 atom stereocenters. The van der Waals surface area contributed by atoms with Crippen molar-refractivity contribution in [3.05, 3.63) is 107 Å². The van der Waals surface area contributed by atoms with Crippen molar-refractivity contribution in [2.24, 2.45) is 0 Å². The number of ether oxygens (including phenoxy) is 1. The molecule has 4 aromatic rings. The molecule has 9 heteroatoms. The zero-order valence-electron chi connectivity index (χ0n) is 23.0. The van der Waals surface area contributed by atoms with Crippen molar-refractivity contribution in [2.45, 2.75) is 25.9 Å². The van der Waals surface area contributed by atoms with E-state index in [1.165, 1.54) is 0 Å². The summed E-state index contributed by atoms with van der Waals surface area (Å²) in [7, 11) is 1.59. The highest BCUT2D eigenvalue weighted by Crippen LogP contribution is 2.32. The largest absolute Gasteiger partial charge is 0.497 e. The average Bonchev–Trinajstić information content (AvgIpc) is 3.19. The maximum Gasteiger partial charge on any atom is 0.325 e. The molecule has 0 bridgehead atoms. The fourth-order valence-corrected chi connectivity index (χ4v) is 4.80. The van der Waals surface area contributed by atoms with Gasteiger partial charge in [0.25, 0.3) is 11.8 Å². The van der Waals surface area contributed by atoms with Crippen molar-refractivity contribution in [1.82, 2.24) is 15.5 Å². The molecule has 1 aliphatic rings. The first-order chi connectivity index (χ1) is 19.7. The second kappa shape index (κ2) is 11.1. The van der Waals surface area contributed by atoms with Gasteiger partial charge in [-0.25, -0.2) is 4.79 Å². The van der Waals surface area contributed by atoms with Gasteiger partial charge in [0.2, 0.25) is 5.91 Å². The molecule has 0 aromatic heterocycles. The molecule has 9 nitrogen and oxygen atoms in total. The molecule has 4 aromatic carbocycles. The number of benzene rings is 4. The van der Waals surface area contributed by atoms with Gasteiger partial charge in [0.15, 0.2) is 0 Å². The Morgan fingerprint density at radius 1 is 0.927 bits per heavy atom. The van der Waals surface area contributed by atoms with Crippen LogP contribution < -0.4 is 20.7 Å². The van der Waals surface area contributed by atoms with Gasteiger partial charge in [-0.3, -0.25) is 19.3 Å². The molecule has 1 saturated heterocycles. The summed E-state index contributed by atoms with van der Waals surface area (Å²) < 4.78 is 5.27. The van der Waals surface area contributed by atoms with Gasteiger partial charge in [-0.1, -0.05) is 60.2 Å². The number of urea groups is 1. The van der Waals surface area contributed by atoms with E-state index in [9.17, 15) is 19.2 Å². The van der Waals surface area contributed by atoms with Crippen molar-refractivity contribution in [3.63, 3.8) is 0 Å². The Morgan fingerprint density at radius 2 is 1.63 bits per heavy atom. The highest BCUT2D eigenvalue weighted by Gasteiger charge is 2.49. The topological polar surface area (TPSA) is 117 Å². The van der Waals surface area contributed by atoms with E-state index in [0.717, 1.165) is 26.8 Å². The Bertz CT molecular complexity index is 1670. The van der Waals surface area contributed by atoms with Crippen LogP contribution in [0.4, 0.5) is 10.5 Å². The third kappa shape index (κ3) is 5.60. The summed E-state index contributed by atoms with van der Waals surface area (Å²) in [5.41, 5.74) is 1.85. The van der Waals surface area contributed by atoms with Gasteiger partial charge in [0.05, 0.1) is 18.4 Å². The quantitative estimate of drug-likeness (QED) is 0.280. The Labute approximate surface area is 237 Å². The fourth-order valence-electron chi connectivity index (χ4n) is 4.80. The molecule has 5 amide bonds. The van der Waals surface area contributed by atoms with Crippen LogP contribution >= 0.6 is 0 Å². The second-order valence-electron chi connectivity index (χ2n) is 10.1. The van der Waals surface area contributed by atoms with Crippen LogP contribution in [0.2, 0.25) is 0 Å². The third-order valence-corrected chi connectivity index (χ3v) is 7.22. The minimum atomic E-state index is -1.35. The van der Waals surface area contributed by atoms with Crippen molar-refractivity contribution in [2.75, 3.05) is 19.0 Å². The van der Waals surface area contributed by atoms with Crippen molar-refractivity contribution in [1.29, 1.82) is 0 Å². The average molecular weight is 551 g/mol. The molecule has 3 N–H and O–H groups in total. The number of nitrogens with one attached hydrogen (secondary N) is 3. The molecule has 41 heavy (non-hydrogen) atoms. The number of carbonyl (C=O) groups is 4. The summed E-state index contributed by atoms with van der Waals surface area (Å²) in [5, 5.41) is 10.1. The molecular formula is C32H30N4O5. The molecule has 1 unspecified atom stereocenters. The lowest BCUT2D eigenvalue weighted by Gasteiger charge is -2.23. The highest BCUT2D eigenvalue weighted by molar-refractivity contribution is 6.11. The van der Waals surface area contributed by atoms with E-state index in [-0.39, 0.29) is 17.2 Å². The minimum Gasteiger partial charge on any atom is -0.497 e. The van der Waals surface area contributed by atoms with Crippen molar-refractivity contribution < 1.29 is 23.9 Å². The van der Waals surface area contributed by atoms with Crippen LogP contribution in [0.1, 0.15) is 34.0 Å². The summed E-state index contributed by atoms with van der Waals surface area (Å²) in [6, 6.07) is 24.7. The van der Waals surface area contributed by atoms with Gasteiger partial charge in [-0.05, 0) is 66.1 Å². The van der Waals surface area contributed by atoms with Crippen LogP contribution in [0.15, 0.2) is 84.9 Å². The molecule has 5 rings (SSSR count). The molecule has 1 fully saturated rings. The van der Waals surface area contributed by atoms with Gasteiger partial charge < -0.3 is 20.7 Å². The van der Waals surface area contributed by atoms with Crippen LogP contribution in [0.3, 0.4) is 0 Å². The summed E-state index contributed by atoms with van der Waals surface area (Å²) >= 11 is 0. The molecule has 0 spiro atoms. The Hall–Kier alpha value is -5.18. The Balaban J connectivity index is 1.27. The summed E-state index contributed by atoms with van der Waals surface area (Å²) in [6.45, 7) is 3.42. The first-order valence-electron chi connectivity index (χ1n) is 13.1. The van der Waals surface area contributed by atoms with Gasteiger partial charge >= 0.3 is 6.03 Å². The zero-order chi connectivity index (χ0) is 29.1. The van der Waals surface area contributed by atoms with Gasteiger partial charge in [0, 0.05) is 6.54 Å². The lowest BCUT2D eigenvalue weighted by molar-refractivity contribution is -0.133. The SMILES string of the molecule is COc1ccc2cc(C3(C)NC(=O)N(CC(=O)Nc4ccccc4C(=O)NCc4ccc(C)cc4)C3=O)ccc2c1. The standard InChI is InChI=1S/C32H30N4O5/c1-20-8-10-21(11-9-20)18-33-29(38)26-6-4-5-7-27(26)34-28(37)19-36-30(39)32(2,35-31(36)40)24-14-12-23-17-25(41-3)15-13-22(23)16-24/h4-17H,18-19H2,1-3H3,(H,33,38)(H,34,37)(H,35,40). The van der Waals surface area contributed by atoms with E-state index in [4.69, 9.17) is 4.74 Å². The fraction of sp³-hybridized carbons (Fsp3) is 0.188. The van der Waals surface area contributed by atoms with Crippen LogP contribution in [0.25, 0.3) is 10.8 Å². The number of hydrogen-bond donors (Lipinski definition) is 3. The van der Waals surface area contributed by atoms with Crippen LogP contribution in [0.5, 0.6) is 5.75 Å². The van der Waals surface area contributed by atoms with Gasteiger partial charge in [-0.15, -0.1) is 0 Å². The summed E-state index contributed by atoms with van der Waals surface area (Å²) in [6.07, 6.45) is 0. The molecule has 1 aliphatic heterocycles. The van der Waals surface area contributed by atoms with E-state index in [1.54, 1.807) is 44.4 Å². The van der Waals surface area contributed by atoms with Crippen LogP contribution in [-0.4, -0.2) is 42.3 Å². The van der Waals surface area contributed by atoms with E-state index in [2.05, 4.69) is 16.0 Å². The number of fused-ring (bicyclic) bond motifs is 1. The minimum absolute atomic E-state index is 0.266. The van der Waals surface area contributed by atoms with E-state index < -0.39 is 29.9 Å². The van der Waals surface area contributed by atoms with Crippen molar-refractivity contribution >= 4 is 40.2 Å². The number of methoxy groups -OCH3 is 1. The maximum absolute atomic E-state index is 13.5. The number of imide groups is 1. The number of nitrogens with zero attached hydrogens (tertiary/aromatic N) is 1. The van der Waals surface area contributed by atoms with Crippen molar-refractivity contribution in [3.8, 4) is 5.75 Å². The molecular weight excluding hydrogens is 520 g/mol. The lowest BCUT2D eigenvalue weighted by Crippen LogP contribution is -2.42. The summed E-state index contributed by atoms with van der Waals surface area (Å²) in [4.78, 5) is 53.1. The summed E-state index contributed by atoms with van der Waals surface area (Å²) in [5.74, 6) is -0.807. The molecule has 0 radical (unpaired) electrons. The number of anilines is 1. The van der Waals surface area contributed by atoms with Crippen LogP contribution in [0, 0.1) is 6.92 Å². The maximum atomic E-state index is 13.5. The molecule has 208 valence electrons. The van der Waals surface area contributed by atoms with E-state index in [0.29, 0.717) is 17.9 Å². The Morgan fingerprint density at radius 3 is 2.39 bits per heavy atom. The predicted molar refractivity (Wildman–Crippen MR) is 156 cm³/mol. The molecule has 0 aliphatic carbocycles. The zero-order valence-corrected chi connectivity index (χ0v) is 23.0. The number of hydrogen-bond acceptors (Lipinski definition) is 5. The van der Waals surface area contributed by atoms with Gasteiger partial charge in [-0.2, -0.15) is 0 Å². The molecule has 0 saturated carbocycles. The van der Waals surface area contributed by atoms with E-state index in [1.807, 2.05) is 61.5 Å². The number of amides is 5. The smallest absolute Gasteiger partial charge is 0.325 e. The number of aryl methyl sites for hydroxylation is 1. The third-order valence-electron chi connectivity index (χ3n) is 7.22. The number of rotatable bonds is 8. The monoisotopic (exact) mass is 550 g/mol.